The van der Waals surface area contributed by atoms with Crippen LogP contribution < -0.4 is 26.0 Å². The lowest BCUT2D eigenvalue weighted by atomic mass is 9.98. The van der Waals surface area contributed by atoms with E-state index in [1.165, 1.54) is 18.6 Å². The van der Waals surface area contributed by atoms with Crippen LogP contribution in [0.5, 0.6) is 5.75 Å². The van der Waals surface area contributed by atoms with E-state index in [1.807, 2.05) is 18.2 Å². The van der Waals surface area contributed by atoms with E-state index in [-0.39, 0.29) is 11.6 Å². The molecule has 34 heavy (non-hydrogen) atoms. The molecule has 4 N–H and O–H groups in total. The Morgan fingerprint density at radius 3 is 2.71 bits per heavy atom. The summed E-state index contributed by atoms with van der Waals surface area (Å²) in [5.74, 6) is 1.85. The van der Waals surface area contributed by atoms with Crippen molar-refractivity contribution in [1.29, 1.82) is 5.26 Å². The fourth-order valence-electron chi connectivity index (χ4n) is 3.67. The lowest BCUT2D eigenvalue weighted by Crippen LogP contribution is -2.31. The smallest absolute Gasteiger partial charge is 0.259 e. The molecule has 0 radical (unpaired) electrons. The van der Waals surface area contributed by atoms with E-state index < -0.39 is 0 Å². The van der Waals surface area contributed by atoms with Gasteiger partial charge in [-0.15, -0.1) is 0 Å². The van der Waals surface area contributed by atoms with Crippen LogP contribution >= 0.6 is 0 Å². The van der Waals surface area contributed by atoms with Crippen molar-refractivity contribution in [2.24, 2.45) is 5.92 Å². The van der Waals surface area contributed by atoms with Crippen molar-refractivity contribution in [1.82, 2.24) is 20.3 Å². The lowest BCUT2D eigenvalue weighted by Gasteiger charge is -2.24. The zero-order valence-electron chi connectivity index (χ0n) is 18.8. The van der Waals surface area contributed by atoms with Crippen LogP contribution in [0, 0.1) is 17.2 Å². The number of amides is 1. The van der Waals surface area contributed by atoms with Gasteiger partial charge >= 0.3 is 0 Å². The summed E-state index contributed by atoms with van der Waals surface area (Å²) in [6, 6.07) is 10.9. The normalized spacial score (nSPS) is 13.5. The number of rotatable bonds is 8. The van der Waals surface area contributed by atoms with E-state index in [0.29, 0.717) is 40.2 Å². The van der Waals surface area contributed by atoms with E-state index >= 15 is 0 Å². The van der Waals surface area contributed by atoms with Crippen LogP contribution in [0.25, 0.3) is 0 Å². The molecule has 174 valence electrons. The summed E-state index contributed by atoms with van der Waals surface area (Å²) in [5.41, 5.74) is 1.95. The highest BCUT2D eigenvalue weighted by atomic mass is 16.5. The molecule has 1 aromatic carbocycles. The molecule has 3 heterocycles. The summed E-state index contributed by atoms with van der Waals surface area (Å²) in [7, 11) is 1.58. The standard InChI is InChI=1S/C24H26N8O2/c1-34-19-4-2-3-17(9-19)31-24(33)20-14-30-22(32-23-15-27-18(11-25)13-29-23)10-21(20)28-12-16-5-7-26-8-6-16/h2-4,9-10,13-16,26H,5-8,12H2,1H3,(H,31,33)(H2,28,29,30,32). The number of hydrogen-bond donors (Lipinski definition) is 4. The first-order valence-electron chi connectivity index (χ1n) is 11.0. The molecule has 4 rings (SSSR count). The first-order valence-corrected chi connectivity index (χ1v) is 11.0. The van der Waals surface area contributed by atoms with Crippen molar-refractivity contribution in [2.45, 2.75) is 12.8 Å². The van der Waals surface area contributed by atoms with Crippen molar-refractivity contribution >= 4 is 28.9 Å². The number of pyridine rings is 1. The van der Waals surface area contributed by atoms with Crippen LogP contribution in [-0.2, 0) is 0 Å². The molecule has 0 saturated carbocycles. The van der Waals surface area contributed by atoms with Crippen LogP contribution in [0.4, 0.5) is 23.0 Å². The third kappa shape index (κ3) is 5.96. The maximum absolute atomic E-state index is 13.1. The second-order valence-corrected chi connectivity index (χ2v) is 7.90. The van der Waals surface area contributed by atoms with Crippen LogP contribution in [0.3, 0.4) is 0 Å². The number of benzene rings is 1. The second-order valence-electron chi connectivity index (χ2n) is 7.90. The molecular formula is C24H26N8O2. The number of ether oxygens (including phenoxy) is 1. The predicted octanol–water partition coefficient (Wildman–Crippen LogP) is 3.16. The van der Waals surface area contributed by atoms with Crippen molar-refractivity contribution in [3.63, 3.8) is 0 Å². The van der Waals surface area contributed by atoms with E-state index in [2.05, 4.69) is 36.2 Å². The number of carbonyl (C=O) groups is 1. The summed E-state index contributed by atoms with van der Waals surface area (Å²) >= 11 is 0. The quantitative estimate of drug-likeness (QED) is 0.401. The molecule has 0 unspecified atom stereocenters. The number of methoxy groups -OCH3 is 1. The molecule has 1 aliphatic rings. The van der Waals surface area contributed by atoms with Gasteiger partial charge in [-0.05, 0) is 44.0 Å². The summed E-state index contributed by atoms with van der Waals surface area (Å²) < 4.78 is 5.24. The molecule has 1 amide bonds. The maximum atomic E-state index is 13.1. The second kappa shape index (κ2) is 11.1. The van der Waals surface area contributed by atoms with Crippen molar-refractivity contribution in [2.75, 3.05) is 42.7 Å². The number of piperidine rings is 1. The number of nitrogens with zero attached hydrogens (tertiary/aromatic N) is 4. The van der Waals surface area contributed by atoms with E-state index in [1.54, 1.807) is 25.3 Å². The molecule has 0 aliphatic carbocycles. The van der Waals surface area contributed by atoms with Crippen LogP contribution in [-0.4, -0.2) is 47.6 Å². The SMILES string of the molecule is COc1cccc(NC(=O)c2cnc(Nc3cnc(C#N)cn3)cc2NCC2CCNCC2)c1. The first-order chi connectivity index (χ1) is 16.6. The predicted molar refractivity (Wildman–Crippen MR) is 129 cm³/mol. The topological polar surface area (TPSA) is 137 Å². The number of carbonyl (C=O) groups excluding carboxylic acids is 1. The number of aromatic nitrogens is 3. The van der Waals surface area contributed by atoms with Gasteiger partial charge in [-0.25, -0.2) is 15.0 Å². The Morgan fingerprint density at radius 2 is 1.97 bits per heavy atom. The van der Waals surface area contributed by atoms with E-state index in [4.69, 9.17) is 10.00 Å². The van der Waals surface area contributed by atoms with Crippen LogP contribution in [0.2, 0.25) is 0 Å². The van der Waals surface area contributed by atoms with Gasteiger partial charge in [0.15, 0.2) is 5.69 Å². The minimum absolute atomic E-state index is 0.229. The average Bonchev–Trinajstić information content (AvgIpc) is 2.88. The zero-order chi connectivity index (χ0) is 23.8. The minimum atomic E-state index is -0.279. The Balaban J connectivity index is 1.55. The van der Waals surface area contributed by atoms with Gasteiger partial charge in [0.2, 0.25) is 0 Å². The monoisotopic (exact) mass is 458 g/mol. The highest BCUT2D eigenvalue weighted by Crippen LogP contribution is 2.24. The molecule has 10 heteroatoms. The third-order valence-corrected chi connectivity index (χ3v) is 5.54. The van der Waals surface area contributed by atoms with Crippen molar-refractivity contribution < 1.29 is 9.53 Å². The Hall–Kier alpha value is -4.23. The maximum Gasteiger partial charge on any atom is 0.259 e. The fourth-order valence-corrected chi connectivity index (χ4v) is 3.67. The largest absolute Gasteiger partial charge is 0.497 e. The molecule has 10 nitrogen and oxygen atoms in total. The van der Waals surface area contributed by atoms with Crippen molar-refractivity contribution in [3.8, 4) is 11.8 Å². The third-order valence-electron chi connectivity index (χ3n) is 5.54. The lowest BCUT2D eigenvalue weighted by molar-refractivity contribution is 0.102. The first kappa shape index (κ1) is 22.9. The van der Waals surface area contributed by atoms with E-state index in [0.717, 1.165) is 32.5 Å². The molecule has 0 bridgehead atoms. The number of anilines is 4. The zero-order valence-corrected chi connectivity index (χ0v) is 18.8. The highest BCUT2D eigenvalue weighted by Gasteiger charge is 2.17. The number of nitriles is 1. The summed E-state index contributed by atoms with van der Waals surface area (Å²) in [6.07, 6.45) is 6.53. The van der Waals surface area contributed by atoms with Gasteiger partial charge in [-0.1, -0.05) is 6.07 Å². The molecule has 0 atom stereocenters. The molecule has 2 aromatic heterocycles. The Labute approximate surface area is 197 Å². The fraction of sp³-hybridized carbons (Fsp3) is 0.292. The number of hydrogen-bond acceptors (Lipinski definition) is 9. The highest BCUT2D eigenvalue weighted by molar-refractivity contribution is 6.08. The minimum Gasteiger partial charge on any atom is -0.497 e. The van der Waals surface area contributed by atoms with Gasteiger partial charge in [0.1, 0.15) is 23.5 Å². The number of nitrogens with one attached hydrogen (secondary N) is 4. The van der Waals surface area contributed by atoms with Gasteiger partial charge in [-0.2, -0.15) is 5.26 Å². The van der Waals surface area contributed by atoms with Gasteiger partial charge in [0.25, 0.3) is 5.91 Å². The Kier molecular flexibility index (Phi) is 7.47. The summed E-state index contributed by atoms with van der Waals surface area (Å²) in [4.78, 5) is 25.7. The Morgan fingerprint density at radius 1 is 1.15 bits per heavy atom. The summed E-state index contributed by atoms with van der Waals surface area (Å²) in [6.45, 7) is 2.74. The van der Waals surface area contributed by atoms with Crippen LogP contribution in [0.1, 0.15) is 28.9 Å². The van der Waals surface area contributed by atoms with Gasteiger partial charge in [0.05, 0.1) is 30.8 Å². The van der Waals surface area contributed by atoms with Gasteiger partial charge < -0.3 is 26.0 Å². The van der Waals surface area contributed by atoms with Crippen LogP contribution in [0.15, 0.2) is 48.9 Å². The molecule has 1 aliphatic heterocycles. The average molecular weight is 459 g/mol. The molecule has 1 saturated heterocycles. The van der Waals surface area contributed by atoms with E-state index in [9.17, 15) is 4.79 Å². The Bertz CT molecular complexity index is 1170. The van der Waals surface area contributed by atoms with Crippen molar-refractivity contribution in [3.05, 3.63) is 60.2 Å². The molecule has 1 fully saturated rings. The van der Waals surface area contributed by atoms with Gasteiger partial charge in [-0.3, -0.25) is 4.79 Å². The molecular weight excluding hydrogens is 432 g/mol. The molecule has 3 aromatic rings. The molecule has 0 spiro atoms. The summed E-state index contributed by atoms with van der Waals surface area (Å²) in [5, 5.41) is 21.7. The van der Waals surface area contributed by atoms with Gasteiger partial charge in [0, 0.05) is 30.6 Å².